The number of rotatable bonds is 3. The van der Waals surface area contributed by atoms with Crippen LogP contribution >= 0.6 is 0 Å². The number of aliphatic imine (C=N–C) groups is 1. The van der Waals surface area contributed by atoms with Crippen molar-refractivity contribution in [3.8, 4) is 11.5 Å². The van der Waals surface area contributed by atoms with Gasteiger partial charge in [-0.25, -0.2) is 0 Å². The highest BCUT2D eigenvalue weighted by Crippen LogP contribution is 2.31. The van der Waals surface area contributed by atoms with Crippen LogP contribution in [0.15, 0.2) is 17.1 Å². The molecule has 1 aromatic carbocycles. The number of methoxy groups -OCH3 is 1. The van der Waals surface area contributed by atoms with Crippen LogP contribution in [0.2, 0.25) is 0 Å². The molecule has 0 bridgehead atoms. The molecule has 0 aliphatic carbocycles. The van der Waals surface area contributed by atoms with Gasteiger partial charge in [0.1, 0.15) is 0 Å². The average molecular weight is 205 g/mol. The summed E-state index contributed by atoms with van der Waals surface area (Å²) in [5.74, 6) is 1.01. The third-order valence-corrected chi connectivity index (χ3v) is 2.34. The van der Waals surface area contributed by atoms with E-state index in [2.05, 4.69) is 4.99 Å². The van der Waals surface area contributed by atoms with Gasteiger partial charge in [-0.05, 0) is 29.7 Å². The Labute approximate surface area is 87.5 Å². The largest absolute Gasteiger partial charge is 0.493 e. The Hall–Kier alpha value is -1.84. The quantitative estimate of drug-likeness (QED) is 0.697. The second kappa shape index (κ2) is 4.13. The molecule has 0 spiro atoms. The van der Waals surface area contributed by atoms with E-state index in [0.29, 0.717) is 18.0 Å². The van der Waals surface area contributed by atoms with Crippen LogP contribution in [-0.2, 0) is 11.2 Å². The molecule has 0 unspecified atom stereocenters. The lowest BCUT2D eigenvalue weighted by Crippen LogP contribution is -2.05. The highest BCUT2D eigenvalue weighted by molar-refractivity contribution is 5.84. The summed E-state index contributed by atoms with van der Waals surface area (Å²) in [4.78, 5) is 14.5. The summed E-state index contributed by atoms with van der Waals surface area (Å²) in [6.07, 6.45) is 2.68. The molecule has 1 aliphatic rings. The van der Waals surface area contributed by atoms with Crippen LogP contribution in [0.4, 0.5) is 0 Å². The first kappa shape index (κ1) is 9.71. The van der Waals surface area contributed by atoms with Crippen LogP contribution < -0.4 is 9.47 Å². The molecule has 4 heteroatoms. The molecule has 0 saturated heterocycles. The summed E-state index contributed by atoms with van der Waals surface area (Å²) < 4.78 is 9.96. The Balaban J connectivity index is 2.47. The predicted octanol–water partition coefficient (Wildman–Crippen LogP) is 1.21. The molecule has 0 radical (unpaired) electrons. The molecule has 0 amide bonds. The van der Waals surface area contributed by atoms with Crippen LogP contribution in [0, 0.1) is 0 Å². The Kier molecular flexibility index (Phi) is 2.67. The molecule has 1 heterocycles. The van der Waals surface area contributed by atoms with Crippen molar-refractivity contribution >= 4 is 12.7 Å². The Morgan fingerprint density at radius 3 is 3.00 bits per heavy atom. The van der Waals surface area contributed by atoms with Gasteiger partial charge in [0, 0.05) is 12.8 Å². The Morgan fingerprint density at radius 2 is 2.27 bits per heavy atom. The number of hydrogen-bond donors (Lipinski definition) is 0. The maximum Gasteiger partial charge on any atom is 0.298 e. The summed E-state index contributed by atoms with van der Waals surface area (Å²) in [7, 11) is 1.54. The number of carbonyl (C=O) groups is 1. The van der Waals surface area contributed by atoms with Crippen molar-refractivity contribution in [3.63, 3.8) is 0 Å². The van der Waals surface area contributed by atoms with Crippen LogP contribution in [0.3, 0.4) is 0 Å². The molecule has 0 atom stereocenters. The molecule has 0 N–H and O–H groups in total. The van der Waals surface area contributed by atoms with Gasteiger partial charge >= 0.3 is 0 Å². The predicted molar refractivity (Wildman–Crippen MR) is 55.9 cm³/mol. The second-order valence-electron chi connectivity index (χ2n) is 3.20. The zero-order chi connectivity index (χ0) is 10.7. The fraction of sp³-hybridized carbons (Fsp3) is 0.273. The van der Waals surface area contributed by atoms with Gasteiger partial charge < -0.3 is 9.47 Å². The molecule has 78 valence electrons. The van der Waals surface area contributed by atoms with Gasteiger partial charge in [0.05, 0.1) is 7.11 Å². The molecule has 0 fully saturated rings. The normalized spacial score (nSPS) is 13.1. The van der Waals surface area contributed by atoms with E-state index in [1.807, 2.05) is 18.3 Å². The van der Waals surface area contributed by atoms with Gasteiger partial charge in [-0.15, -0.1) is 0 Å². The van der Waals surface area contributed by atoms with Crippen molar-refractivity contribution in [3.05, 3.63) is 23.3 Å². The minimum absolute atomic E-state index is 0.404. The maximum atomic E-state index is 10.3. The first-order chi connectivity index (χ1) is 7.35. The second-order valence-corrected chi connectivity index (χ2v) is 3.20. The van der Waals surface area contributed by atoms with Gasteiger partial charge in [-0.2, -0.15) is 0 Å². The molecular weight excluding hydrogens is 194 g/mol. The number of hydrogen-bond acceptors (Lipinski definition) is 4. The van der Waals surface area contributed by atoms with Gasteiger partial charge in [-0.3, -0.25) is 9.79 Å². The number of nitrogens with zero attached hydrogens (tertiary/aromatic N) is 1. The van der Waals surface area contributed by atoms with Crippen LogP contribution in [0.1, 0.15) is 11.1 Å². The van der Waals surface area contributed by atoms with E-state index in [-0.39, 0.29) is 0 Å². The van der Waals surface area contributed by atoms with E-state index in [1.54, 1.807) is 7.11 Å². The van der Waals surface area contributed by atoms with E-state index < -0.39 is 0 Å². The summed E-state index contributed by atoms with van der Waals surface area (Å²) in [5, 5.41) is 0. The molecule has 2 rings (SSSR count). The molecule has 0 saturated carbocycles. The van der Waals surface area contributed by atoms with Gasteiger partial charge in [0.25, 0.3) is 6.47 Å². The van der Waals surface area contributed by atoms with E-state index in [9.17, 15) is 4.79 Å². The SMILES string of the molecule is COc1cc2c(cc1OC=O)CCN=C2. The lowest BCUT2D eigenvalue weighted by Gasteiger charge is -2.13. The topological polar surface area (TPSA) is 47.9 Å². The summed E-state index contributed by atoms with van der Waals surface area (Å²) in [6.45, 7) is 1.18. The van der Waals surface area contributed by atoms with Crippen LogP contribution in [0.5, 0.6) is 11.5 Å². The molecule has 15 heavy (non-hydrogen) atoms. The van der Waals surface area contributed by atoms with Crippen molar-refractivity contribution in [2.45, 2.75) is 6.42 Å². The minimum Gasteiger partial charge on any atom is -0.493 e. The van der Waals surface area contributed by atoms with Crippen LogP contribution in [0.25, 0.3) is 0 Å². The average Bonchev–Trinajstić information content (AvgIpc) is 2.28. The summed E-state index contributed by atoms with van der Waals surface area (Å²) >= 11 is 0. The highest BCUT2D eigenvalue weighted by atomic mass is 16.5. The van der Waals surface area contributed by atoms with E-state index >= 15 is 0 Å². The first-order valence-corrected chi connectivity index (χ1v) is 4.66. The first-order valence-electron chi connectivity index (χ1n) is 4.66. The van der Waals surface area contributed by atoms with Gasteiger partial charge in [-0.1, -0.05) is 0 Å². The molecular formula is C11H11NO3. The maximum absolute atomic E-state index is 10.3. The fourth-order valence-electron chi connectivity index (χ4n) is 1.61. The van der Waals surface area contributed by atoms with Crippen LogP contribution in [-0.4, -0.2) is 26.3 Å². The van der Waals surface area contributed by atoms with Crippen molar-refractivity contribution in [1.82, 2.24) is 0 Å². The zero-order valence-electron chi connectivity index (χ0n) is 8.40. The molecule has 1 aliphatic heterocycles. The minimum atomic E-state index is 0.404. The summed E-state index contributed by atoms with van der Waals surface area (Å²) in [5.41, 5.74) is 2.15. The third-order valence-electron chi connectivity index (χ3n) is 2.34. The van der Waals surface area contributed by atoms with Crippen molar-refractivity contribution in [2.75, 3.05) is 13.7 Å². The van der Waals surface area contributed by atoms with Gasteiger partial charge in [0.2, 0.25) is 0 Å². The number of ether oxygens (including phenoxy) is 2. The lowest BCUT2D eigenvalue weighted by molar-refractivity contribution is -0.120. The zero-order valence-corrected chi connectivity index (χ0v) is 8.40. The smallest absolute Gasteiger partial charge is 0.298 e. The van der Waals surface area contributed by atoms with E-state index in [1.165, 1.54) is 0 Å². The van der Waals surface area contributed by atoms with Crippen molar-refractivity contribution in [1.29, 1.82) is 0 Å². The van der Waals surface area contributed by atoms with E-state index in [4.69, 9.17) is 9.47 Å². The van der Waals surface area contributed by atoms with E-state index in [0.717, 1.165) is 24.1 Å². The standard InChI is InChI=1S/C11H11NO3/c1-14-10-5-9-6-12-3-2-8(9)4-11(10)15-7-13/h4-7H,2-3H2,1H3. The Morgan fingerprint density at radius 1 is 1.40 bits per heavy atom. The van der Waals surface area contributed by atoms with Crippen molar-refractivity contribution in [2.24, 2.45) is 4.99 Å². The highest BCUT2D eigenvalue weighted by Gasteiger charge is 2.12. The molecule has 4 nitrogen and oxygen atoms in total. The monoisotopic (exact) mass is 205 g/mol. The van der Waals surface area contributed by atoms with Gasteiger partial charge in [0.15, 0.2) is 11.5 Å². The van der Waals surface area contributed by atoms with Crippen molar-refractivity contribution < 1.29 is 14.3 Å². The number of carbonyl (C=O) groups excluding carboxylic acids is 1. The Bertz CT molecular complexity index is 413. The number of fused-ring (bicyclic) bond motifs is 1. The lowest BCUT2D eigenvalue weighted by atomic mass is 10.0. The fourth-order valence-corrected chi connectivity index (χ4v) is 1.61. The summed E-state index contributed by atoms with van der Waals surface area (Å²) in [6, 6.07) is 3.66. The molecule has 1 aromatic rings. The third kappa shape index (κ3) is 1.83. The molecule has 0 aromatic heterocycles. The number of benzene rings is 1.